The van der Waals surface area contributed by atoms with Crippen molar-refractivity contribution >= 4 is 57.7 Å². The van der Waals surface area contributed by atoms with Gasteiger partial charge in [-0.1, -0.05) is 56.3 Å². The predicted octanol–water partition coefficient (Wildman–Crippen LogP) is 9.78. The number of nitrogens with one attached hydrogen (secondary N) is 2. The molecule has 304 valence electrons. The largest absolute Gasteiger partial charge is 0.573 e. The number of hydrogen-bond donors (Lipinski definition) is 2. The number of ether oxygens (including phenoxy) is 1. The van der Waals surface area contributed by atoms with Crippen LogP contribution in [0.15, 0.2) is 99.2 Å². The summed E-state index contributed by atoms with van der Waals surface area (Å²) in [5.74, 6) is -3.71. The number of hydrogen-bond acceptors (Lipinski definition) is 7. The first kappa shape index (κ1) is 42.3. The predicted molar refractivity (Wildman–Crippen MR) is 206 cm³/mol. The smallest absolute Gasteiger partial charge is 0.405 e. The first-order valence-electron chi connectivity index (χ1n) is 17.2. The Hall–Kier alpha value is -5.27. The molecule has 58 heavy (non-hydrogen) atoms. The number of aromatic amines is 2. The Morgan fingerprint density at radius 2 is 1.10 bits per heavy atom. The molecule has 7 rings (SSSR count). The van der Waals surface area contributed by atoms with Gasteiger partial charge < -0.3 is 14.7 Å². The van der Waals surface area contributed by atoms with E-state index in [4.69, 9.17) is 0 Å². The zero-order valence-electron chi connectivity index (χ0n) is 30.2. The summed E-state index contributed by atoms with van der Waals surface area (Å²) in [4.78, 5) is 14.4. The highest BCUT2D eigenvalue weighted by Gasteiger charge is 2.33. The lowest BCUT2D eigenvalue weighted by molar-refractivity contribution is -0.274. The lowest BCUT2D eigenvalue weighted by atomic mass is 10.0. The summed E-state index contributed by atoms with van der Waals surface area (Å²) in [7, 11) is -6.60. The Morgan fingerprint density at radius 1 is 0.655 bits per heavy atom. The second-order valence-corrected chi connectivity index (χ2v) is 18.0. The van der Waals surface area contributed by atoms with Gasteiger partial charge in [-0.15, -0.1) is 13.2 Å². The third-order valence-electron chi connectivity index (χ3n) is 8.83. The normalized spacial score (nSPS) is 12.2. The zero-order chi connectivity index (χ0) is 42.2. The second kappa shape index (κ2) is 16.5. The summed E-state index contributed by atoms with van der Waals surface area (Å²) in [6, 6.07) is 19.3. The minimum absolute atomic E-state index is 0.0214. The van der Waals surface area contributed by atoms with Gasteiger partial charge in [-0.05, 0) is 57.4 Å². The van der Waals surface area contributed by atoms with Crippen LogP contribution in [0.3, 0.4) is 0 Å². The van der Waals surface area contributed by atoms with Crippen LogP contribution in [0.25, 0.3) is 33.2 Å². The number of nitrogens with zero attached hydrogens (tertiary/aromatic N) is 2. The van der Waals surface area contributed by atoms with Crippen LogP contribution in [0.1, 0.15) is 36.6 Å². The fraction of sp³-hybridized carbons (Fsp3) is 0.179. The molecule has 19 heteroatoms. The van der Waals surface area contributed by atoms with Crippen molar-refractivity contribution in [1.29, 1.82) is 0 Å². The molecule has 0 saturated carbocycles. The first-order valence-corrected chi connectivity index (χ1v) is 21.3. The fourth-order valence-corrected chi connectivity index (χ4v) is 7.96. The van der Waals surface area contributed by atoms with Crippen molar-refractivity contribution in [3.05, 3.63) is 135 Å². The van der Waals surface area contributed by atoms with Gasteiger partial charge in [0.25, 0.3) is 0 Å². The van der Waals surface area contributed by atoms with Gasteiger partial charge in [-0.3, -0.25) is 0 Å². The number of alkyl halides is 3. The van der Waals surface area contributed by atoms with Gasteiger partial charge in [0.15, 0.2) is 31.3 Å². The van der Waals surface area contributed by atoms with E-state index < -0.39 is 66.2 Å². The van der Waals surface area contributed by atoms with E-state index in [0.29, 0.717) is 17.8 Å². The van der Waals surface area contributed by atoms with Gasteiger partial charge in [0.2, 0.25) is 0 Å². The Balaban J connectivity index is 0.000000208. The first-order chi connectivity index (χ1) is 27.3. The third kappa shape index (κ3) is 9.21. The van der Waals surface area contributed by atoms with Gasteiger partial charge in [0, 0.05) is 30.5 Å². The molecule has 0 bridgehead atoms. The maximum atomic E-state index is 15.3. The molecule has 0 saturated heterocycles. The average Bonchev–Trinajstić information content (AvgIpc) is 3.78. The maximum Gasteiger partial charge on any atom is 0.573 e. The average molecular weight is 912 g/mol. The van der Waals surface area contributed by atoms with Crippen LogP contribution in [0.4, 0.5) is 30.7 Å². The molecule has 0 radical (unpaired) electrons. The van der Waals surface area contributed by atoms with Gasteiger partial charge >= 0.3 is 6.36 Å². The highest BCUT2D eigenvalue weighted by atomic mass is 79.9. The van der Waals surface area contributed by atoms with E-state index in [-0.39, 0.29) is 60.1 Å². The molecule has 9 nitrogen and oxygen atoms in total. The molecular formula is C39H30BrF7N4O5S2. The van der Waals surface area contributed by atoms with E-state index in [1.807, 2.05) is 0 Å². The van der Waals surface area contributed by atoms with Crippen LogP contribution in [0.2, 0.25) is 0 Å². The quantitative estimate of drug-likeness (QED) is 0.103. The Bertz CT molecular complexity index is 2870. The molecule has 0 atom stereocenters. The molecule has 0 spiro atoms. The number of benzene rings is 5. The van der Waals surface area contributed by atoms with Crippen molar-refractivity contribution in [2.45, 2.75) is 42.8 Å². The van der Waals surface area contributed by atoms with E-state index in [0.717, 1.165) is 23.8 Å². The lowest BCUT2D eigenvalue weighted by Gasteiger charge is -2.14. The van der Waals surface area contributed by atoms with Crippen molar-refractivity contribution in [3.63, 3.8) is 0 Å². The molecule has 0 unspecified atom stereocenters. The van der Waals surface area contributed by atoms with Crippen LogP contribution in [0, 0.1) is 23.3 Å². The van der Waals surface area contributed by atoms with E-state index in [1.165, 1.54) is 49.4 Å². The molecule has 5 aromatic carbocycles. The Labute approximate surface area is 335 Å². The molecule has 7 aromatic rings. The lowest BCUT2D eigenvalue weighted by Crippen LogP contribution is -2.17. The number of imidazole rings is 2. The summed E-state index contributed by atoms with van der Waals surface area (Å²) < 4.78 is 147. The Kier molecular flexibility index (Phi) is 12.1. The standard InChI is InChI=1S/C23H17F5N2O3S.C16H13BrF2N2O2S/c1-2-34(31,32)14-9-7-13(8-10-14)11-19-29-17-12-16(24)20(21(25)22(17)30-19)15-5-3-4-6-18(15)33-23(26,27)28;1-2-24(22,23)10-5-3-9(4-6-10)7-13-20-12-8-11(18)14(17)15(19)16(12)21-13/h3-10,12H,2,11H2,1H3,(H,29,30);3-6,8H,2,7H2,1H3,(H,20,21). The van der Waals surface area contributed by atoms with Crippen LogP contribution in [-0.4, -0.2) is 54.6 Å². The summed E-state index contributed by atoms with van der Waals surface area (Å²) in [5, 5.41) is 0. The number of para-hydroxylation sites is 1. The van der Waals surface area contributed by atoms with Gasteiger partial charge in [-0.25, -0.2) is 44.4 Å². The molecule has 0 aliphatic carbocycles. The van der Waals surface area contributed by atoms with Crippen molar-refractivity contribution in [3.8, 4) is 16.9 Å². The maximum absolute atomic E-state index is 15.3. The van der Waals surface area contributed by atoms with Crippen molar-refractivity contribution < 1.29 is 52.3 Å². The van der Waals surface area contributed by atoms with Crippen molar-refractivity contribution in [1.82, 2.24) is 19.9 Å². The SMILES string of the molecule is CCS(=O)(=O)c1ccc(Cc2nc3c(F)c(-c4ccccc4OC(F)(F)F)c(F)cc3[nH]2)cc1.CCS(=O)(=O)c1ccc(Cc2nc3c(F)c(Br)c(F)cc3[nH]2)cc1. The monoisotopic (exact) mass is 910 g/mol. The highest BCUT2D eigenvalue weighted by molar-refractivity contribution is 9.10. The summed E-state index contributed by atoms with van der Waals surface area (Å²) in [5.41, 5.74) is 0.472. The number of sulfone groups is 2. The zero-order valence-corrected chi connectivity index (χ0v) is 33.4. The number of fused-ring (bicyclic) bond motifs is 2. The molecule has 2 aromatic heterocycles. The van der Waals surface area contributed by atoms with Gasteiger partial charge in [0.05, 0.1) is 42.4 Å². The van der Waals surface area contributed by atoms with Crippen LogP contribution in [0.5, 0.6) is 5.75 Å². The van der Waals surface area contributed by atoms with E-state index in [2.05, 4.69) is 40.6 Å². The summed E-state index contributed by atoms with van der Waals surface area (Å²) in [6.45, 7) is 3.12. The number of H-pyrrole nitrogens is 2. The molecule has 0 fully saturated rings. The third-order valence-corrected chi connectivity index (χ3v) is 13.1. The summed E-state index contributed by atoms with van der Waals surface area (Å²) >= 11 is 2.85. The molecule has 0 amide bonds. The van der Waals surface area contributed by atoms with Gasteiger partial charge in [0.1, 0.15) is 40.1 Å². The molecule has 0 aliphatic rings. The van der Waals surface area contributed by atoms with E-state index >= 15 is 4.39 Å². The van der Waals surface area contributed by atoms with Crippen molar-refractivity contribution in [2.24, 2.45) is 0 Å². The fourth-order valence-electron chi connectivity index (χ4n) is 5.89. The van der Waals surface area contributed by atoms with E-state index in [1.54, 1.807) is 31.2 Å². The van der Waals surface area contributed by atoms with Crippen molar-refractivity contribution in [2.75, 3.05) is 11.5 Å². The molecule has 2 N–H and O–H groups in total. The minimum atomic E-state index is -5.04. The molecule has 0 aliphatic heterocycles. The van der Waals surface area contributed by atoms with Gasteiger partial charge in [-0.2, -0.15) is 0 Å². The number of aromatic nitrogens is 4. The van der Waals surface area contributed by atoms with E-state index in [9.17, 15) is 43.2 Å². The number of rotatable bonds is 10. The second-order valence-electron chi connectivity index (χ2n) is 12.7. The number of halogens is 8. The Morgan fingerprint density at radius 3 is 1.57 bits per heavy atom. The van der Waals surface area contributed by atoms with Crippen LogP contribution >= 0.6 is 15.9 Å². The minimum Gasteiger partial charge on any atom is -0.405 e. The highest BCUT2D eigenvalue weighted by Crippen LogP contribution is 2.38. The summed E-state index contributed by atoms with van der Waals surface area (Å²) in [6.07, 6.45) is -4.54. The molecular weight excluding hydrogens is 881 g/mol. The van der Waals surface area contributed by atoms with Crippen LogP contribution in [-0.2, 0) is 32.5 Å². The molecule has 2 heterocycles. The topological polar surface area (TPSA) is 135 Å². The van der Waals surface area contributed by atoms with Crippen LogP contribution < -0.4 is 4.74 Å².